The van der Waals surface area contributed by atoms with Crippen LogP contribution < -0.4 is 19.8 Å². The van der Waals surface area contributed by atoms with Crippen LogP contribution in [0.15, 0.2) is 22.7 Å². The number of esters is 3. The molecular formula is C21H21NO9. The van der Waals surface area contributed by atoms with Crippen molar-refractivity contribution >= 4 is 28.8 Å². The molecule has 1 aliphatic rings. The summed E-state index contributed by atoms with van der Waals surface area (Å²) in [6, 6.07) is 1.18. The first-order valence-electron chi connectivity index (χ1n) is 9.24. The number of rotatable bonds is 5. The lowest BCUT2D eigenvalue weighted by molar-refractivity contribution is -0.137. The van der Waals surface area contributed by atoms with E-state index in [1.807, 2.05) is 0 Å². The molecule has 1 heterocycles. The normalized spacial score (nSPS) is 15.0. The number of benzene rings is 1. The number of allylic oxidation sites excluding steroid dienone is 1. The first-order chi connectivity index (χ1) is 14.7. The first-order valence-corrected chi connectivity index (χ1v) is 9.24. The van der Waals surface area contributed by atoms with Crippen LogP contribution in [-0.2, 0) is 30.3 Å². The summed E-state index contributed by atoms with van der Waals surface area (Å²) in [5, 5.41) is 0.214. The van der Waals surface area contributed by atoms with Gasteiger partial charge in [0.1, 0.15) is 23.4 Å². The number of hydrogen-bond acceptors (Lipinski definition) is 9. The van der Waals surface area contributed by atoms with E-state index in [1.165, 1.54) is 41.1 Å². The SMILES string of the molecule is COc1cc(=O)[nH]c2c(OC(C)=O)c3c(c(OC(C)=O)c12)CC(OC(C)=O)=CC3OC. The topological polar surface area (TPSA) is 130 Å². The molecular weight excluding hydrogens is 410 g/mol. The molecule has 1 atom stereocenters. The molecule has 0 saturated heterocycles. The van der Waals surface area contributed by atoms with Crippen LogP contribution in [0, 0.1) is 0 Å². The molecule has 0 spiro atoms. The highest BCUT2D eigenvalue weighted by Crippen LogP contribution is 2.49. The number of hydrogen-bond donors (Lipinski definition) is 1. The van der Waals surface area contributed by atoms with Crippen LogP contribution in [-0.4, -0.2) is 37.1 Å². The molecule has 1 unspecified atom stereocenters. The minimum atomic E-state index is -0.833. The zero-order valence-corrected chi connectivity index (χ0v) is 17.6. The third-order valence-electron chi connectivity index (χ3n) is 4.52. The molecule has 1 aromatic carbocycles. The van der Waals surface area contributed by atoms with Gasteiger partial charge in [-0.05, 0) is 6.08 Å². The van der Waals surface area contributed by atoms with E-state index in [0.717, 1.165) is 0 Å². The fourth-order valence-corrected chi connectivity index (χ4v) is 3.55. The minimum Gasteiger partial charge on any atom is -0.496 e. The van der Waals surface area contributed by atoms with E-state index in [-0.39, 0.29) is 40.3 Å². The van der Waals surface area contributed by atoms with Gasteiger partial charge in [-0.3, -0.25) is 19.2 Å². The van der Waals surface area contributed by atoms with Crippen molar-refractivity contribution in [1.29, 1.82) is 0 Å². The lowest BCUT2D eigenvalue weighted by Gasteiger charge is -2.28. The molecule has 31 heavy (non-hydrogen) atoms. The average Bonchev–Trinajstić information content (AvgIpc) is 2.68. The summed E-state index contributed by atoms with van der Waals surface area (Å²) in [7, 11) is 2.75. The van der Waals surface area contributed by atoms with Crippen molar-refractivity contribution in [3.05, 3.63) is 39.4 Å². The maximum absolute atomic E-state index is 12.2. The maximum atomic E-state index is 12.2. The maximum Gasteiger partial charge on any atom is 0.308 e. The summed E-state index contributed by atoms with van der Waals surface area (Å²) in [6.45, 7) is 3.68. The van der Waals surface area contributed by atoms with Gasteiger partial charge in [0.15, 0.2) is 5.75 Å². The van der Waals surface area contributed by atoms with Crippen LogP contribution in [0.2, 0.25) is 0 Å². The Morgan fingerprint density at radius 2 is 1.58 bits per heavy atom. The van der Waals surface area contributed by atoms with Gasteiger partial charge in [-0.25, -0.2) is 0 Å². The molecule has 164 valence electrons. The highest BCUT2D eigenvalue weighted by Gasteiger charge is 2.34. The Hall–Kier alpha value is -3.66. The van der Waals surface area contributed by atoms with Crippen molar-refractivity contribution in [3.63, 3.8) is 0 Å². The minimum absolute atomic E-state index is 0.0226. The zero-order valence-electron chi connectivity index (χ0n) is 17.6. The molecule has 1 aromatic heterocycles. The number of H-pyrrole nitrogens is 1. The van der Waals surface area contributed by atoms with Gasteiger partial charge in [0, 0.05) is 51.5 Å². The van der Waals surface area contributed by atoms with E-state index in [9.17, 15) is 19.2 Å². The molecule has 0 radical (unpaired) electrons. The van der Waals surface area contributed by atoms with E-state index in [2.05, 4.69) is 4.98 Å². The molecule has 10 nitrogen and oxygen atoms in total. The lowest BCUT2D eigenvalue weighted by atomic mass is 9.89. The standard InChI is InChI=1S/C21H21NO9/c1-9(23)29-12-6-13-17(14(7-12)27-4)21(31-11(3)25)19-18(20(13)30-10(2)24)15(28-5)8-16(26)22-19/h7-8,14H,6H2,1-5H3,(H,22,26). The third kappa shape index (κ3) is 4.29. The monoisotopic (exact) mass is 431 g/mol. The summed E-state index contributed by atoms with van der Waals surface area (Å²) in [5.41, 5.74) is 0.310. The Balaban J connectivity index is 2.49. The van der Waals surface area contributed by atoms with Gasteiger partial charge < -0.3 is 28.7 Å². The van der Waals surface area contributed by atoms with Crippen LogP contribution >= 0.6 is 0 Å². The van der Waals surface area contributed by atoms with Crippen LogP contribution in [0.25, 0.3) is 10.9 Å². The number of aromatic nitrogens is 1. The number of methoxy groups -OCH3 is 2. The molecule has 3 rings (SSSR count). The molecule has 0 fully saturated rings. The number of carbonyl (C=O) groups is 3. The van der Waals surface area contributed by atoms with Gasteiger partial charge in [0.2, 0.25) is 0 Å². The summed E-state index contributed by atoms with van der Waals surface area (Å²) in [5.74, 6) is -1.36. The Morgan fingerprint density at radius 3 is 2.13 bits per heavy atom. The van der Waals surface area contributed by atoms with Gasteiger partial charge in [-0.2, -0.15) is 0 Å². The highest BCUT2D eigenvalue weighted by atomic mass is 16.6. The van der Waals surface area contributed by atoms with Crippen molar-refractivity contribution in [2.75, 3.05) is 14.2 Å². The van der Waals surface area contributed by atoms with Gasteiger partial charge >= 0.3 is 17.9 Å². The number of fused-ring (bicyclic) bond motifs is 2. The first kappa shape index (κ1) is 22.0. The molecule has 0 saturated carbocycles. The molecule has 0 bridgehead atoms. The number of pyridine rings is 1. The number of ether oxygens (including phenoxy) is 5. The highest BCUT2D eigenvalue weighted by molar-refractivity contribution is 6.00. The Bertz CT molecular complexity index is 1180. The van der Waals surface area contributed by atoms with E-state index in [4.69, 9.17) is 23.7 Å². The van der Waals surface area contributed by atoms with E-state index >= 15 is 0 Å². The molecule has 2 aromatic rings. The fourth-order valence-electron chi connectivity index (χ4n) is 3.55. The average molecular weight is 431 g/mol. The summed E-state index contributed by atoms with van der Waals surface area (Å²) in [6.07, 6.45) is 0.739. The van der Waals surface area contributed by atoms with Crippen molar-refractivity contribution in [3.8, 4) is 17.2 Å². The van der Waals surface area contributed by atoms with Gasteiger partial charge in [-0.1, -0.05) is 0 Å². The molecule has 1 N–H and O–H groups in total. The van der Waals surface area contributed by atoms with E-state index in [0.29, 0.717) is 11.1 Å². The van der Waals surface area contributed by atoms with Gasteiger partial charge in [-0.15, -0.1) is 0 Å². The predicted molar refractivity (Wildman–Crippen MR) is 107 cm³/mol. The van der Waals surface area contributed by atoms with Gasteiger partial charge in [0.05, 0.1) is 18.0 Å². The van der Waals surface area contributed by atoms with Crippen molar-refractivity contribution in [1.82, 2.24) is 4.98 Å². The van der Waals surface area contributed by atoms with Crippen molar-refractivity contribution in [2.45, 2.75) is 33.3 Å². The largest absolute Gasteiger partial charge is 0.496 e. The molecule has 0 amide bonds. The van der Waals surface area contributed by atoms with Crippen molar-refractivity contribution < 1.29 is 38.1 Å². The quantitative estimate of drug-likeness (QED) is 0.558. The van der Waals surface area contributed by atoms with Crippen LogP contribution in [0.4, 0.5) is 0 Å². The number of aromatic amines is 1. The van der Waals surface area contributed by atoms with Crippen LogP contribution in [0.3, 0.4) is 0 Å². The summed E-state index contributed by atoms with van der Waals surface area (Å²) < 4.78 is 27.1. The number of carbonyl (C=O) groups excluding carboxylic acids is 3. The lowest BCUT2D eigenvalue weighted by Crippen LogP contribution is -2.20. The second kappa shape index (κ2) is 8.60. The second-order valence-corrected chi connectivity index (χ2v) is 6.75. The van der Waals surface area contributed by atoms with E-state index in [1.54, 1.807) is 6.08 Å². The Labute approximate surface area is 176 Å². The van der Waals surface area contributed by atoms with Crippen molar-refractivity contribution in [2.24, 2.45) is 0 Å². The number of nitrogens with one attached hydrogen (secondary N) is 1. The van der Waals surface area contributed by atoms with Gasteiger partial charge in [0.25, 0.3) is 5.56 Å². The van der Waals surface area contributed by atoms with E-state index < -0.39 is 29.6 Å². The Kier molecular flexibility index (Phi) is 6.11. The molecule has 10 heteroatoms. The summed E-state index contributed by atoms with van der Waals surface area (Å²) >= 11 is 0. The smallest absolute Gasteiger partial charge is 0.308 e. The zero-order chi connectivity index (χ0) is 22.9. The van der Waals surface area contributed by atoms with Crippen LogP contribution in [0.5, 0.6) is 17.2 Å². The predicted octanol–water partition coefficient (Wildman–Crippen LogP) is 2.08. The molecule has 0 aliphatic heterocycles. The Morgan fingerprint density at radius 1 is 0.968 bits per heavy atom. The van der Waals surface area contributed by atoms with Crippen LogP contribution in [0.1, 0.15) is 38.0 Å². The fraction of sp³-hybridized carbons (Fsp3) is 0.333. The second-order valence-electron chi connectivity index (χ2n) is 6.75. The molecule has 1 aliphatic carbocycles. The summed E-state index contributed by atoms with van der Waals surface area (Å²) in [4.78, 5) is 50.2. The third-order valence-corrected chi connectivity index (χ3v) is 4.52.